The highest BCUT2D eigenvalue weighted by molar-refractivity contribution is 6.33. The molecule has 0 atom stereocenters. The Balaban J connectivity index is 2.56. The molecule has 1 aromatic carbocycles. The van der Waals surface area contributed by atoms with Gasteiger partial charge >= 0.3 is 0 Å². The van der Waals surface area contributed by atoms with Gasteiger partial charge in [-0.2, -0.15) is 10.4 Å². The number of aliphatic hydroxyl groups is 1. The lowest BCUT2D eigenvalue weighted by Gasteiger charge is -2.19. The van der Waals surface area contributed by atoms with Crippen molar-refractivity contribution in [3.8, 4) is 6.07 Å². The Morgan fingerprint density at radius 3 is 2.29 bits per heavy atom. The van der Waals surface area contributed by atoms with Crippen LogP contribution in [0.25, 0.3) is 11.3 Å². The first-order valence-electron chi connectivity index (χ1n) is 7.86. The second-order valence-electron chi connectivity index (χ2n) is 6.75. The molecule has 0 saturated carbocycles. The van der Waals surface area contributed by atoms with Crippen LogP contribution in [-0.4, -0.2) is 14.9 Å². The largest absolute Gasteiger partial charge is 0.504 e. The Hall–Kier alpha value is -2.25. The SMILES string of the molecule is CCc1nn(C)c(/C(O)=C(\C#N)c2ccc(C(C)(C)C)cc2)c1Cl. The highest BCUT2D eigenvalue weighted by Gasteiger charge is 2.21. The number of allylic oxidation sites excluding steroid dienone is 1. The minimum atomic E-state index is -0.152. The molecule has 24 heavy (non-hydrogen) atoms. The summed E-state index contributed by atoms with van der Waals surface area (Å²) in [6.07, 6.45) is 0.655. The Labute approximate surface area is 148 Å². The number of hydrogen-bond acceptors (Lipinski definition) is 3. The normalized spacial score (nSPS) is 12.7. The fourth-order valence-electron chi connectivity index (χ4n) is 2.55. The Morgan fingerprint density at radius 1 is 1.29 bits per heavy atom. The number of nitrogens with zero attached hydrogens (tertiary/aromatic N) is 3. The summed E-state index contributed by atoms with van der Waals surface area (Å²) in [7, 11) is 1.70. The molecular weight excluding hydrogens is 322 g/mol. The minimum Gasteiger partial charge on any atom is -0.504 e. The molecule has 0 aliphatic carbocycles. The van der Waals surface area contributed by atoms with Crippen molar-refractivity contribution in [1.82, 2.24) is 9.78 Å². The number of hydrogen-bond donors (Lipinski definition) is 1. The van der Waals surface area contributed by atoms with Gasteiger partial charge in [-0.1, -0.05) is 63.6 Å². The molecule has 0 radical (unpaired) electrons. The third-order valence-corrected chi connectivity index (χ3v) is 4.40. The lowest BCUT2D eigenvalue weighted by atomic mass is 9.86. The number of aryl methyl sites for hydroxylation is 2. The van der Waals surface area contributed by atoms with E-state index in [1.807, 2.05) is 31.2 Å². The summed E-state index contributed by atoms with van der Waals surface area (Å²) in [5, 5.41) is 24.9. The van der Waals surface area contributed by atoms with Gasteiger partial charge in [0.05, 0.1) is 10.7 Å². The molecule has 5 heteroatoms. The summed E-state index contributed by atoms with van der Waals surface area (Å²) in [4.78, 5) is 0. The van der Waals surface area contributed by atoms with Gasteiger partial charge in [0.15, 0.2) is 5.76 Å². The smallest absolute Gasteiger partial charge is 0.160 e. The zero-order chi connectivity index (χ0) is 18.1. The average molecular weight is 344 g/mol. The first-order valence-corrected chi connectivity index (χ1v) is 8.24. The molecule has 0 saturated heterocycles. The second kappa shape index (κ2) is 6.70. The highest BCUT2D eigenvalue weighted by Crippen LogP contribution is 2.32. The number of aromatic nitrogens is 2. The molecule has 126 valence electrons. The summed E-state index contributed by atoms with van der Waals surface area (Å²) in [5.74, 6) is -0.152. The van der Waals surface area contributed by atoms with Gasteiger partial charge in [0.1, 0.15) is 17.3 Å². The fraction of sp³-hybridized carbons (Fsp3) is 0.368. The number of benzene rings is 1. The van der Waals surface area contributed by atoms with Crippen LogP contribution in [0.3, 0.4) is 0 Å². The maximum Gasteiger partial charge on any atom is 0.160 e. The van der Waals surface area contributed by atoms with E-state index in [-0.39, 0.29) is 16.7 Å². The third-order valence-electron chi connectivity index (χ3n) is 4.00. The predicted octanol–water partition coefficient (Wildman–Crippen LogP) is 4.88. The van der Waals surface area contributed by atoms with Crippen molar-refractivity contribution in [1.29, 1.82) is 5.26 Å². The lowest BCUT2D eigenvalue weighted by molar-refractivity contribution is 0.503. The van der Waals surface area contributed by atoms with Gasteiger partial charge < -0.3 is 5.11 Å². The highest BCUT2D eigenvalue weighted by atomic mass is 35.5. The van der Waals surface area contributed by atoms with Crippen molar-refractivity contribution in [2.45, 2.75) is 39.5 Å². The van der Waals surface area contributed by atoms with Crippen LogP contribution < -0.4 is 0 Å². The quantitative estimate of drug-likeness (QED) is 0.638. The van der Waals surface area contributed by atoms with Crippen LogP contribution in [-0.2, 0) is 18.9 Å². The zero-order valence-electron chi connectivity index (χ0n) is 14.7. The third kappa shape index (κ3) is 3.32. The average Bonchev–Trinajstić information content (AvgIpc) is 2.81. The molecule has 0 spiro atoms. The van der Waals surface area contributed by atoms with Crippen molar-refractivity contribution in [3.63, 3.8) is 0 Å². The van der Waals surface area contributed by atoms with Crippen LogP contribution in [0.5, 0.6) is 0 Å². The molecule has 1 aromatic heterocycles. The first-order chi connectivity index (χ1) is 11.2. The lowest BCUT2D eigenvalue weighted by Crippen LogP contribution is -2.10. The monoisotopic (exact) mass is 343 g/mol. The fourth-order valence-corrected chi connectivity index (χ4v) is 2.93. The van der Waals surface area contributed by atoms with Crippen LogP contribution in [0.15, 0.2) is 24.3 Å². The zero-order valence-corrected chi connectivity index (χ0v) is 15.4. The Kier molecular flexibility index (Phi) is 5.05. The summed E-state index contributed by atoms with van der Waals surface area (Å²) in [5.41, 5.74) is 3.08. The van der Waals surface area contributed by atoms with Gasteiger partial charge in [0.25, 0.3) is 0 Å². The molecule has 0 bridgehead atoms. The van der Waals surface area contributed by atoms with Crippen LogP contribution >= 0.6 is 11.6 Å². The van der Waals surface area contributed by atoms with E-state index in [0.29, 0.717) is 28.4 Å². The van der Waals surface area contributed by atoms with Gasteiger partial charge in [-0.25, -0.2) is 0 Å². The van der Waals surface area contributed by atoms with Gasteiger partial charge in [-0.05, 0) is 23.0 Å². The maximum atomic E-state index is 10.6. The number of nitriles is 1. The van der Waals surface area contributed by atoms with E-state index in [1.54, 1.807) is 7.05 Å². The van der Waals surface area contributed by atoms with E-state index in [4.69, 9.17) is 11.6 Å². The van der Waals surface area contributed by atoms with E-state index in [9.17, 15) is 10.4 Å². The molecule has 0 aliphatic heterocycles. The first kappa shape index (κ1) is 18.1. The Morgan fingerprint density at radius 2 is 1.88 bits per heavy atom. The van der Waals surface area contributed by atoms with Crippen molar-refractivity contribution < 1.29 is 5.11 Å². The van der Waals surface area contributed by atoms with Gasteiger partial charge in [0, 0.05) is 7.05 Å². The molecule has 2 rings (SSSR count). The van der Waals surface area contributed by atoms with Crippen molar-refractivity contribution >= 4 is 22.9 Å². The summed E-state index contributed by atoms with van der Waals surface area (Å²) in [6.45, 7) is 8.32. The van der Waals surface area contributed by atoms with Crippen LogP contribution in [0.1, 0.15) is 50.2 Å². The number of aliphatic hydroxyl groups excluding tert-OH is 1. The molecule has 0 amide bonds. The number of halogens is 1. The van der Waals surface area contributed by atoms with Crippen LogP contribution in [0.2, 0.25) is 5.02 Å². The van der Waals surface area contributed by atoms with E-state index >= 15 is 0 Å². The molecule has 2 aromatic rings. The maximum absolute atomic E-state index is 10.6. The van der Waals surface area contributed by atoms with Crippen molar-refractivity contribution in [2.75, 3.05) is 0 Å². The predicted molar refractivity (Wildman–Crippen MR) is 97.8 cm³/mol. The van der Waals surface area contributed by atoms with E-state index < -0.39 is 0 Å². The molecule has 4 nitrogen and oxygen atoms in total. The van der Waals surface area contributed by atoms with Crippen LogP contribution in [0.4, 0.5) is 0 Å². The van der Waals surface area contributed by atoms with Crippen LogP contribution in [0, 0.1) is 11.3 Å². The van der Waals surface area contributed by atoms with Crippen molar-refractivity contribution in [3.05, 3.63) is 51.8 Å². The van der Waals surface area contributed by atoms with Gasteiger partial charge in [-0.15, -0.1) is 0 Å². The van der Waals surface area contributed by atoms with E-state index in [1.165, 1.54) is 4.68 Å². The topological polar surface area (TPSA) is 61.8 Å². The Bertz CT molecular complexity index is 818. The summed E-state index contributed by atoms with van der Waals surface area (Å²) >= 11 is 6.31. The summed E-state index contributed by atoms with van der Waals surface area (Å²) in [6, 6.07) is 9.73. The van der Waals surface area contributed by atoms with E-state index in [0.717, 1.165) is 5.56 Å². The number of rotatable bonds is 3. The molecule has 1 N–H and O–H groups in total. The molecule has 1 heterocycles. The standard InChI is InChI=1S/C19H22ClN3O/c1-6-15-16(20)17(23(5)22-15)18(24)14(11-21)12-7-9-13(10-8-12)19(2,3)4/h7-10,24H,6H2,1-5H3/b18-14-. The van der Waals surface area contributed by atoms with Crippen molar-refractivity contribution in [2.24, 2.45) is 7.05 Å². The van der Waals surface area contributed by atoms with E-state index in [2.05, 4.69) is 31.9 Å². The molecule has 0 fully saturated rings. The van der Waals surface area contributed by atoms with Gasteiger partial charge in [-0.3, -0.25) is 4.68 Å². The molecular formula is C19H22ClN3O. The van der Waals surface area contributed by atoms with Gasteiger partial charge in [0.2, 0.25) is 0 Å². The molecule has 0 aliphatic rings. The molecule has 0 unspecified atom stereocenters. The second-order valence-corrected chi connectivity index (χ2v) is 7.13. The minimum absolute atomic E-state index is 0.0263. The summed E-state index contributed by atoms with van der Waals surface area (Å²) < 4.78 is 1.51.